The van der Waals surface area contributed by atoms with E-state index >= 15 is 0 Å². The molecule has 0 unspecified atom stereocenters. The summed E-state index contributed by atoms with van der Waals surface area (Å²) in [5.41, 5.74) is 1.41. The van der Waals surface area contributed by atoms with E-state index in [9.17, 15) is 4.79 Å². The third-order valence-electron chi connectivity index (χ3n) is 2.87. The molecule has 3 aromatic heterocycles. The Balaban J connectivity index is 1.72. The highest BCUT2D eigenvalue weighted by Gasteiger charge is 2.07. The van der Waals surface area contributed by atoms with Gasteiger partial charge in [-0.25, -0.2) is 4.98 Å². The lowest BCUT2D eigenvalue weighted by atomic mass is 10.2. The molecule has 0 spiro atoms. The second-order valence-corrected chi connectivity index (χ2v) is 4.31. The Bertz CT molecular complexity index is 727. The Labute approximate surface area is 109 Å². The van der Waals surface area contributed by atoms with Crippen molar-refractivity contribution in [3.05, 3.63) is 59.9 Å². The molecule has 1 amide bonds. The van der Waals surface area contributed by atoms with Gasteiger partial charge in [0.15, 0.2) is 0 Å². The van der Waals surface area contributed by atoms with Crippen LogP contribution in [0, 0.1) is 6.92 Å². The van der Waals surface area contributed by atoms with Gasteiger partial charge in [0.1, 0.15) is 17.2 Å². The number of pyridine rings is 1. The highest BCUT2D eigenvalue weighted by atomic mass is 16.3. The van der Waals surface area contributed by atoms with E-state index in [2.05, 4.69) is 10.3 Å². The molecule has 0 radical (unpaired) electrons. The van der Waals surface area contributed by atoms with E-state index in [1.54, 1.807) is 18.5 Å². The maximum atomic E-state index is 12.0. The first kappa shape index (κ1) is 11.5. The van der Waals surface area contributed by atoms with Gasteiger partial charge < -0.3 is 14.1 Å². The van der Waals surface area contributed by atoms with Crippen molar-refractivity contribution < 1.29 is 9.21 Å². The number of carbonyl (C=O) groups excluding carboxylic acids is 1. The fraction of sp³-hybridized carbons (Fsp3) is 0.143. The van der Waals surface area contributed by atoms with Crippen molar-refractivity contribution in [3.8, 4) is 0 Å². The van der Waals surface area contributed by atoms with E-state index in [1.165, 1.54) is 0 Å². The van der Waals surface area contributed by atoms with Crippen LogP contribution in [0.4, 0.5) is 0 Å². The number of carbonyl (C=O) groups is 1. The highest BCUT2D eigenvalue weighted by molar-refractivity contribution is 5.94. The Kier molecular flexibility index (Phi) is 2.79. The van der Waals surface area contributed by atoms with E-state index in [4.69, 9.17) is 4.42 Å². The number of nitrogens with one attached hydrogen (secondary N) is 1. The van der Waals surface area contributed by atoms with Gasteiger partial charge in [0.25, 0.3) is 5.91 Å². The molecule has 19 heavy (non-hydrogen) atoms. The lowest BCUT2D eigenvalue weighted by Crippen LogP contribution is -2.22. The van der Waals surface area contributed by atoms with Crippen molar-refractivity contribution in [1.29, 1.82) is 0 Å². The number of hydrogen-bond acceptors (Lipinski definition) is 3. The van der Waals surface area contributed by atoms with Crippen LogP contribution >= 0.6 is 0 Å². The predicted octanol–water partition coefficient (Wildman–Crippen LogP) is 2.17. The molecule has 0 fully saturated rings. The number of amides is 1. The number of hydrogen-bond donors (Lipinski definition) is 1. The maximum absolute atomic E-state index is 12.0. The highest BCUT2D eigenvalue weighted by Crippen LogP contribution is 2.07. The van der Waals surface area contributed by atoms with Crippen molar-refractivity contribution in [2.24, 2.45) is 0 Å². The summed E-state index contributed by atoms with van der Waals surface area (Å²) >= 11 is 0. The summed E-state index contributed by atoms with van der Waals surface area (Å²) in [6.45, 7) is 2.26. The molecule has 0 saturated heterocycles. The average Bonchev–Trinajstić information content (AvgIpc) is 3.03. The van der Waals surface area contributed by atoms with Crippen LogP contribution in [-0.2, 0) is 6.54 Å². The van der Waals surface area contributed by atoms with Crippen molar-refractivity contribution in [3.63, 3.8) is 0 Å². The predicted molar refractivity (Wildman–Crippen MR) is 69.8 cm³/mol. The maximum Gasteiger partial charge on any atom is 0.253 e. The molecule has 5 nitrogen and oxygen atoms in total. The van der Waals surface area contributed by atoms with Gasteiger partial charge in [-0.1, -0.05) is 0 Å². The van der Waals surface area contributed by atoms with Gasteiger partial charge in [-0.3, -0.25) is 4.79 Å². The average molecular weight is 255 g/mol. The minimum atomic E-state index is -0.135. The largest absolute Gasteiger partial charge is 0.465 e. The second kappa shape index (κ2) is 4.61. The van der Waals surface area contributed by atoms with Gasteiger partial charge in [-0.15, -0.1) is 0 Å². The molecule has 0 atom stereocenters. The van der Waals surface area contributed by atoms with E-state index in [1.807, 2.05) is 35.7 Å². The van der Waals surface area contributed by atoms with Crippen LogP contribution in [0.3, 0.4) is 0 Å². The Morgan fingerprint density at radius 3 is 3.05 bits per heavy atom. The van der Waals surface area contributed by atoms with E-state index < -0.39 is 0 Å². The summed E-state index contributed by atoms with van der Waals surface area (Å²) in [7, 11) is 0. The smallest absolute Gasteiger partial charge is 0.253 e. The normalized spacial score (nSPS) is 10.8. The van der Waals surface area contributed by atoms with Crippen LogP contribution in [0.5, 0.6) is 0 Å². The summed E-state index contributed by atoms with van der Waals surface area (Å²) in [5.74, 6) is 1.45. The van der Waals surface area contributed by atoms with Gasteiger partial charge in [0.2, 0.25) is 0 Å². The molecule has 0 aromatic carbocycles. The summed E-state index contributed by atoms with van der Waals surface area (Å²) in [5, 5.41) is 2.82. The van der Waals surface area contributed by atoms with E-state index in [0.29, 0.717) is 12.1 Å². The van der Waals surface area contributed by atoms with Gasteiger partial charge >= 0.3 is 0 Å². The summed E-state index contributed by atoms with van der Waals surface area (Å²) in [6.07, 6.45) is 5.26. The number of fused-ring (bicyclic) bond motifs is 1. The third kappa shape index (κ3) is 2.35. The Morgan fingerprint density at radius 2 is 2.26 bits per heavy atom. The first-order chi connectivity index (χ1) is 9.22. The summed E-state index contributed by atoms with van der Waals surface area (Å²) in [6, 6.07) is 7.30. The Hall–Kier alpha value is -2.56. The zero-order valence-corrected chi connectivity index (χ0v) is 10.5. The van der Waals surface area contributed by atoms with Gasteiger partial charge in [0, 0.05) is 18.6 Å². The SMILES string of the molecule is Cc1ccc(CNC(=O)c2ccc3nccn3c2)o1. The molecule has 0 aliphatic heterocycles. The quantitative estimate of drug-likeness (QED) is 0.780. The number of aryl methyl sites for hydroxylation is 1. The number of rotatable bonds is 3. The van der Waals surface area contributed by atoms with Crippen LogP contribution in [0.25, 0.3) is 5.65 Å². The molecule has 5 heteroatoms. The lowest BCUT2D eigenvalue weighted by Gasteiger charge is -2.04. The fourth-order valence-electron chi connectivity index (χ4n) is 1.90. The molecule has 0 aliphatic rings. The number of nitrogens with zero attached hydrogens (tertiary/aromatic N) is 2. The minimum absolute atomic E-state index is 0.135. The van der Waals surface area contributed by atoms with E-state index in [-0.39, 0.29) is 5.91 Å². The number of imidazole rings is 1. The molecular weight excluding hydrogens is 242 g/mol. The Morgan fingerprint density at radius 1 is 1.37 bits per heavy atom. The third-order valence-corrected chi connectivity index (χ3v) is 2.87. The van der Waals surface area contributed by atoms with Crippen LogP contribution < -0.4 is 5.32 Å². The van der Waals surface area contributed by atoms with Gasteiger partial charge in [-0.2, -0.15) is 0 Å². The molecule has 0 bridgehead atoms. The van der Waals surface area contributed by atoms with Crippen LogP contribution in [-0.4, -0.2) is 15.3 Å². The summed E-state index contributed by atoms with van der Waals surface area (Å²) < 4.78 is 7.21. The van der Waals surface area contributed by atoms with Gasteiger partial charge in [0.05, 0.1) is 12.1 Å². The van der Waals surface area contributed by atoms with Crippen molar-refractivity contribution in [2.75, 3.05) is 0 Å². The molecule has 0 aliphatic carbocycles. The van der Waals surface area contributed by atoms with Crippen LogP contribution in [0.1, 0.15) is 21.9 Å². The molecule has 1 N–H and O–H groups in total. The molecule has 0 saturated carbocycles. The van der Waals surface area contributed by atoms with Crippen LogP contribution in [0.2, 0.25) is 0 Å². The van der Waals surface area contributed by atoms with Crippen LogP contribution in [0.15, 0.2) is 47.3 Å². The molecular formula is C14H13N3O2. The minimum Gasteiger partial charge on any atom is -0.465 e. The standard InChI is InChI=1S/C14H13N3O2/c1-10-2-4-12(19-10)8-16-14(18)11-3-5-13-15-6-7-17(13)9-11/h2-7,9H,8H2,1H3,(H,16,18). The second-order valence-electron chi connectivity index (χ2n) is 4.31. The first-order valence-electron chi connectivity index (χ1n) is 5.98. The van der Waals surface area contributed by atoms with Crippen molar-refractivity contribution in [1.82, 2.24) is 14.7 Å². The number of aromatic nitrogens is 2. The summed E-state index contributed by atoms with van der Waals surface area (Å²) in [4.78, 5) is 16.1. The van der Waals surface area contributed by atoms with E-state index in [0.717, 1.165) is 17.2 Å². The van der Waals surface area contributed by atoms with Gasteiger partial charge in [-0.05, 0) is 31.2 Å². The molecule has 96 valence electrons. The van der Waals surface area contributed by atoms with Crippen molar-refractivity contribution >= 4 is 11.6 Å². The topological polar surface area (TPSA) is 59.5 Å². The zero-order chi connectivity index (χ0) is 13.2. The first-order valence-corrected chi connectivity index (χ1v) is 5.98. The fourth-order valence-corrected chi connectivity index (χ4v) is 1.90. The van der Waals surface area contributed by atoms with Crippen molar-refractivity contribution in [2.45, 2.75) is 13.5 Å². The zero-order valence-electron chi connectivity index (χ0n) is 10.5. The number of furan rings is 1. The molecule has 3 aromatic rings. The molecule has 3 rings (SSSR count). The lowest BCUT2D eigenvalue weighted by molar-refractivity contribution is 0.0947. The monoisotopic (exact) mass is 255 g/mol. The molecule has 3 heterocycles.